The number of rotatable bonds is 9. The smallest absolute Gasteiger partial charge is 0.313 e. The van der Waals surface area contributed by atoms with Gasteiger partial charge in [0.05, 0.1) is 0 Å². The van der Waals surface area contributed by atoms with Crippen LogP contribution in [0.2, 0.25) is 0 Å². The number of benzene rings is 2. The molecule has 2 rings (SSSR count). The van der Waals surface area contributed by atoms with E-state index in [9.17, 15) is 9.59 Å². The predicted molar refractivity (Wildman–Crippen MR) is 108 cm³/mol. The second kappa shape index (κ2) is 11.0. The molecule has 2 aromatic rings. The summed E-state index contributed by atoms with van der Waals surface area (Å²) in [5.74, 6) is 0.338. The Balaban J connectivity index is 1.94. The van der Waals surface area contributed by atoms with E-state index < -0.39 is 11.8 Å². The van der Waals surface area contributed by atoms with Gasteiger partial charge in [0.25, 0.3) is 0 Å². The van der Waals surface area contributed by atoms with Crippen LogP contribution in [-0.4, -0.2) is 29.8 Å². The maximum atomic E-state index is 12.5. The summed E-state index contributed by atoms with van der Waals surface area (Å²) < 4.78 is 5.72. The minimum atomic E-state index is -0.598. The van der Waals surface area contributed by atoms with Crippen molar-refractivity contribution in [3.8, 4) is 11.5 Å². The molecule has 0 spiro atoms. The molecule has 0 aliphatic heterocycles. The zero-order chi connectivity index (χ0) is 19.5. The second-order valence-electron chi connectivity index (χ2n) is 6.39. The fourth-order valence-corrected chi connectivity index (χ4v) is 2.57. The van der Waals surface area contributed by atoms with Crippen molar-refractivity contribution in [1.82, 2.24) is 4.90 Å². The molecule has 0 saturated heterocycles. The predicted octanol–water partition coefficient (Wildman–Crippen LogP) is 4.85. The molecule has 5 heteroatoms. The van der Waals surface area contributed by atoms with Crippen LogP contribution in [0.5, 0.6) is 11.5 Å². The maximum absolute atomic E-state index is 12.5. The number of nitrogens with zero attached hydrogens (tertiary/aromatic N) is 1. The second-order valence-corrected chi connectivity index (χ2v) is 6.39. The molecule has 0 heterocycles. The van der Waals surface area contributed by atoms with Crippen LogP contribution in [0.1, 0.15) is 39.5 Å². The summed E-state index contributed by atoms with van der Waals surface area (Å²) in [6, 6.07) is 16.4. The van der Waals surface area contributed by atoms with Crippen molar-refractivity contribution in [2.24, 2.45) is 0 Å². The lowest BCUT2D eigenvalue weighted by molar-refractivity contribution is -0.143. The highest BCUT2D eigenvalue weighted by Gasteiger charge is 2.21. The first kappa shape index (κ1) is 20.5. The first-order valence-corrected chi connectivity index (χ1v) is 9.57. The van der Waals surface area contributed by atoms with Gasteiger partial charge < -0.3 is 15.0 Å². The standard InChI is InChI=1S/C22H28N2O3/c1-3-5-16-24(17-6-4-2)22(26)21(25)23-18-12-14-20(15-13-18)27-19-10-8-7-9-11-19/h7-15H,3-6,16-17H2,1-2H3,(H,23,25). The molecule has 0 fully saturated rings. The first-order chi connectivity index (χ1) is 13.1. The fourth-order valence-electron chi connectivity index (χ4n) is 2.57. The summed E-state index contributed by atoms with van der Waals surface area (Å²) in [6.07, 6.45) is 3.77. The molecule has 0 aliphatic rings. The molecule has 0 atom stereocenters. The van der Waals surface area contributed by atoms with Gasteiger partial charge in [0.1, 0.15) is 11.5 Å². The minimum Gasteiger partial charge on any atom is -0.457 e. The summed E-state index contributed by atoms with van der Waals surface area (Å²) in [5.41, 5.74) is 0.569. The quantitative estimate of drug-likeness (QED) is 0.644. The number of amides is 2. The lowest BCUT2D eigenvalue weighted by Gasteiger charge is -2.21. The molecular weight excluding hydrogens is 340 g/mol. The van der Waals surface area contributed by atoms with Crippen LogP contribution in [0.3, 0.4) is 0 Å². The molecule has 2 aromatic carbocycles. The third-order valence-electron chi connectivity index (χ3n) is 4.14. The Kier molecular flexibility index (Phi) is 8.36. The molecule has 27 heavy (non-hydrogen) atoms. The van der Waals surface area contributed by atoms with Crippen LogP contribution in [0.4, 0.5) is 5.69 Å². The number of hydrogen-bond donors (Lipinski definition) is 1. The van der Waals surface area contributed by atoms with Gasteiger partial charge in [-0.2, -0.15) is 0 Å². The third-order valence-corrected chi connectivity index (χ3v) is 4.14. The molecule has 2 amide bonds. The summed E-state index contributed by atoms with van der Waals surface area (Å²) >= 11 is 0. The Morgan fingerprint density at radius 3 is 1.96 bits per heavy atom. The molecule has 1 N–H and O–H groups in total. The van der Waals surface area contributed by atoms with Crippen LogP contribution >= 0.6 is 0 Å². The summed E-state index contributed by atoms with van der Waals surface area (Å²) in [6.45, 7) is 5.38. The molecule has 0 saturated carbocycles. The summed E-state index contributed by atoms with van der Waals surface area (Å²) in [5, 5.41) is 2.68. The molecular formula is C22H28N2O3. The highest BCUT2D eigenvalue weighted by molar-refractivity contribution is 6.39. The van der Waals surface area contributed by atoms with Gasteiger partial charge in [-0.3, -0.25) is 9.59 Å². The number of unbranched alkanes of at least 4 members (excludes halogenated alkanes) is 2. The molecule has 0 aromatic heterocycles. The molecule has 144 valence electrons. The zero-order valence-electron chi connectivity index (χ0n) is 16.1. The molecule has 0 bridgehead atoms. The van der Waals surface area contributed by atoms with Crippen LogP contribution < -0.4 is 10.1 Å². The van der Waals surface area contributed by atoms with Gasteiger partial charge >= 0.3 is 11.8 Å². The van der Waals surface area contributed by atoms with Gasteiger partial charge in [-0.05, 0) is 49.2 Å². The van der Waals surface area contributed by atoms with E-state index in [0.717, 1.165) is 31.4 Å². The van der Waals surface area contributed by atoms with E-state index in [2.05, 4.69) is 19.2 Å². The van der Waals surface area contributed by atoms with Crippen molar-refractivity contribution in [1.29, 1.82) is 0 Å². The summed E-state index contributed by atoms with van der Waals surface area (Å²) in [7, 11) is 0. The van der Waals surface area contributed by atoms with Gasteiger partial charge in [-0.15, -0.1) is 0 Å². The van der Waals surface area contributed by atoms with Crippen LogP contribution in [0, 0.1) is 0 Å². The molecule has 0 unspecified atom stereocenters. The van der Waals surface area contributed by atoms with Crippen LogP contribution in [-0.2, 0) is 9.59 Å². The zero-order valence-corrected chi connectivity index (χ0v) is 16.1. The van der Waals surface area contributed by atoms with Crippen molar-refractivity contribution in [3.05, 3.63) is 54.6 Å². The number of nitrogens with one attached hydrogen (secondary N) is 1. The highest BCUT2D eigenvalue weighted by atomic mass is 16.5. The van der Waals surface area contributed by atoms with E-state index in [1.54, 1.807) is 29.2 Å². The van der Waals surface area contributed by atoms with E-state index in [4.69, 9.17) is 4.74 Å². The molecule has 0 radical (unpaired) electrons. The van der Waals surface area contributed by atoms with Gasteiger partial charge in [0, 0.05) is 18.8 Å². The Morgan fingerprint density at radius 2 is 1.41 bits per heavy atom. The van der Waals surface area contributed by atoms with E-state index in [1.165, 1.54) is 0 Å². The van der Waals surface area contributed by atoms with Gasteiger partial charge in [0.15, 0.2) is 0 Å². The topological polar surface area (TPSA) is 58.6 Å². The van der Waals surface area contributed by atoms with E-state index >= 15 is 0 Å². The van der Waals surface area contributed by atoms with Crippen molar-refractivity contribution >= 4 is 17.5 Å². The molecule has 0 aliphatic carbocycles. The van der Waals surface area contributed by atoms with E-state index in [0.29, 0.717) is 24.5 Å². The highest BCUT2D eigenvalue weighted by Crippen LogP contribution is 2.22. The third kappa shape index (κ3) is 6.77. The number of anilines is 1. The monoisotopic (exact) mass is 368 g/mol. The maximum Gasteiger partial charge on any atom is 0.313 e. The number of carbonyl (C=O) groups excluding carboxylic acids is 2. The number of carbonyl (C=O) groups is 2. The SMILES string of the molecule is CCCCN(CCCC)C(=O)C(=O)Nc1ccc(Oc2ccccc2)cc1. The van der Waals surface area contributed by atoms with Gasteiger partial charge in [0.2, 0.25) is 0 Å². The van der Waals surface area contributed by atoms with Crippen molar-refractivity contribution < 1.29 is 14.3 Å². The minimum absolute atomic E-state index is 0.471. The first-order valence-electron chi connectivity index (χ1n) is 9.57. The van der Waals surface area contributed by atoms with Crippen molar-refractivity contribution in [2.45, 2.75) is 39.5 Å². The Morgan fingerprint density at radius 1 is 0.852 bits per heavy atom. The van der Waals surface area contributed by atoms with Crippen LogP contribution in [0.15, 0.2) is 54.6 Å². The number of ether oxygens (including phenoxy) is 1. The Hall–Kier alpha value is -2.82. The van der Waals surface area contributed by atoms with Gasteiger partial charge in [-0.25, -0.2) is 0 Å². The largest absolute Gasteiger partial charge is 0.457 e. The average Bonchev–Trinajstić information content (AvgIpc) is 2.70. The van der Waals surface area contributed by atoms with Gasteiger partial charge in [-0.1, -0.05) is 44.9 Å². The number of para-hydroxylation sites is 1. The average molecular weight is 368 g/mol. The Labute approximate surface area is 161 Å². The Bertz CT molecular complexity index is 706. The van der Waals surface area contributed by atoms with Crippen molar-refractivity contribution in [2.75, 3.05) is 18.4 Å². The van der Waals surface area contributed by atoms with E-state index in [1.807, 2.05) is 30.3 Å². The van der Waals surface area contributed by atoms with Crippen LogP contribution in [0.25, 0.3) is 0 Å². The molecule has 5 nitrogen and oxygen atoms in total. The normalized spacial score (nSPS) is 10.3. The fraction of sp³-hybridized carbons (Fsp3) is 0.364. The number of hydrogen-bond acceptors (Lipinski definition) is 3. The lowest BCUT2D eigenvalue weighted by Crippen LogP contribution is -2.40. The summed E-state index contributed by atoms with van der Waals surface area (Å²) in [4.78, 5) is 26.4. The van der Waals surface area contributed by atoms with Crippen molar-refractivity contribution in [3.63, 3.8) is 0 Å². The van der Waals surface area contributed by atoms with E-state index in [-0.39, 0.29) is 0 Å². The lowest BCUT2D eigenvalue weighted by atomic mass is 10.2.